The highest BCUT2D eigenvalue weighted by Gasteiger charge is 2.47. The molecule has 0 bridgehead atoms. The molecule has 1 unspecified atom stereocenters. The van der Waals surface area contributed by atoms with Gasteiger partial charge in [0.05, 0.1) is 18.8 Å². The number of rotatable bonds is 4. The Morgan fingerprint density at radius 3 is 2.42 bits per heavy atom. The molecule has 1 spiro atoms. The number of amides is 2. The van der Waals surface area contributed by atoms with E-state index in [1.54, 1.807) is 0 Å². The first-order chi connectivity index (χ1) is 11.6. The first-order valence-corrected chi connectivity index (χ1v) is 9.08. The minimum absolute atomic E-state index is 0.00512. The number of ether oxygens (including phenoxy) is 1. The van der Waals surface area contributed by atoms with Crippen molar-refractivity contribution in [3.05, 3.63) is 35.9 Å². The van der Waals surface area contributed by atoms with Crippen molar-refractivity contribution in [2.24, 2.45) is 5.92 Å². The first kappa shape index (κ1) is 15.9. The summed E-state index contributed by atoms with van der Waals surface area (Å²) in [7, 11) is 0. The maximum atomic E-state index is 11.6. The smallest absolute Gasteiger partial charge is 0.315 e. The molecule has 130 valence electrons. The topological polar surface area (TPSA) is 62.4 Å². The summed E-state index contributed by atoms with van der Waals surface area (Å²) >= 11 is 0. The van der Waals surface area contributed by atoms with E-state index >= 15 is 0 Å². The lowest BCUT2D eigenvalue weighted by atomic mass is 9.69. The van der Waals surface area contributed by atoms with Crippen LogP contribution in [-0.2, 0) is 10.3 Å². The van der Waals surface area contributed by atoms with E-state index in [0.717, 1.165) is 45.4 Å². The summed E-state index contributed by atoms with van der Waals surface area (Å²) in [5, 5.41) is 10.1. The zero-order valence-electron chi connectivity index (χ0n) is 14.3. The molecule has 5 heteroatoms. The van der Waals surface area contributed by atoms with Crippen LogP contribution in [-0.4, -0.2) is 37.4 Å². The highest BCUT2D eigenvalue weighted by atomic mass is 16.5. The van der Waals surface area contributed by atoms with Crippen molar-refractivity contribution in [2.45, 2.75) is 49.7 Å². The Morgan fingerprint density at radius 2 is 1.88 bits per heavy atom. The van der Waals surface area contributed by atoms with E-state index in [9.17, 15) is 4.79 Å². The van der Waals surface area contributed by atoms with Crippen LogP contribution in [0.4, 0.5) is 4.79 Å². The summed E-state index contributed by atoms with van der Waals surface area (Å²) in [5.74, 6) is 0.606. The maximum absolute atomic E-state index is 11.6. The molecule has 24 heavy (non-hydrogen) atoms. The van der Waals surface area contributed by atoms with Gasteiger partial charge in [-0.3, -0.25) is 0 Å². The minimum atomic E-state index is -0.0557. The normalized spacial score (nSPS) is 34.5. The average molecular weight is 329 g/mol. The summed E-state index contributed by atoms with van der Waals surface area (Å²) in [6, 6.07) is 11.2. The van der Waals surface area contributed by atoms with Gasteiger partial charge in [0.25, 0.3) is 0 Å². The van der Waals surface area contributed by atoms with Gasteiger partial charge >= 0.3 is 6.03 Å². The van der Waals surface area contributed by atoms with Crippen molar-refractivity contribution in [3.8, 4) is 0 Å². The second kappa shape index (κ2) is 6.05. The lowest BCUT2D eigenvalue weighted by Crippen LogP contribution is -2.58. The zero-order valence-corrected chi connectivity index (χ0v) is 14.3. The second-order valence-corrected chi connectivity index (χ2v) is 7.77. The predicted octanol–water partition coefficient (Wildman–Crippen LogP) is 2.13. The van der Waals surface area contributed by atoms with Crippen LogP contribution in [0.15, 0.2) is 30.3 Å². The fourth-order valence-corrected chi connectivity index (χ4v) is 4.41. The lowest BCUT2D eigenvalue weighted by molar-refractivity contribution is -0.0539. The molecule has 1 saturated carbocycles. The first-order valence-electron chi connectivity index (χ1n) is 9.08. The van der Waals surface area contributed by atoms with Crippen molar-refractivity contribution in [3.63, 3.8) is 0 Å². The third-order valence-corrected chi connectivity index (χ3v) is 6.23. The average Bonchev–Trinajstić information content (AvgIpc) is 2.90. The molecule has 4 rings (SSSR count). The van der Waals surface area contributed by atoms with E-state index < -0.39 is 0 Å². The van der Waals surface area contributed by atoms with Crippen molar-refractivity contribution in [1.82, 2.24) is 16.0 Å². The molecular formula is C19H27N3O2. The predicted molar refractivity (Wildman–Crippen MR) is 92.8 cm³/mol. The van der Waals surface area contributed by atoms with Gasteiger partial charge in [-0.2, -0.15) is 0 Å². The van der Waals surface area contributed by atoms with E-state index in [-0.39, 0.29) is 17.1 Å². The molecule has 2 heterocycles. The third kappa shape index (κ3) is 2.80. The van der Waals surface area contributed by atoms with Gasteiger partial charge in [0.2, 0.25) is 0 Å². The van der Waals surface area contributed by atoms with Crippen LogP contribution in [0.2, 0.25) is 0 Å². The van der Waals surface area contributed by atoms with Crippen LogP contribution in [0.1, 0.15) is 38.2 Å². The van der Waals surface area contributed by atoms with Crippen LogP contribution in [0.25, 0.3) is 0 Å². The molecule has 0 radical (unpaired) electrons. The summed E-state index contributed by atoms with van der Waals surface area (Å²) in [6.45, 7) is 4.76. The number of carbonyl (C=O) groups is 1. The number of benzene rings is 1. The van der Waals surface area contributed by atoms with Crippen molar-refractivity contribution < 1.29 is 9.53 Å². The summed E-state index contributed by atoms with van der Waals surface area (Å²) in [5.41, 5.74) is 1.30. The molecule has 3 fully saturated rings. The van der Waals surface area contributed by atoms with Gasteiger partial charge in [-0.05, 0) is 38.2 Å². The standard InChI is InChI=1S/C19H27N3O2/c1-14(15-11-24-12-15)21-19(16-5-3-2-4-6-16)9-7-18(8-10-19)13-20-17(23)22-18/h2-6,14-15,21H,7-13H2,1H3,(H2,20,22,23). The van der Waals surface area contributed by atoms with Crippen LogP contribution >= 0.6 is 0 Å². The van der Waals surface area contributed by atoms with E-state index in [1.807, 2.05) is 0 Å². The Labute approximate surface area is 143 Å². The van der Waals surface area contributed by atoms with Crippen molar-refractivity contribution in [1.29, 1.82) is 0 Å². The van der Waals surface area contributed by atoms with Crippen LogP contribution < -0.4 is 16.0 Å². The van der Waals surface area contributed by atoms with Crippen LogP contribution in [0, 0.1) is 5.92 Å². The van der Waals surface area contributed by atoms with Gasteiger partial charge < -0.3 is 20.7 Å². The van der Waals surface area contributed by atoms with E-state index in [0.29, 0.717) is 12.0 Å². The van der Waals surface area contributed by atoms with Gasteiger partial charge in [-0.1, -0.05) is 30.3 Å². The molecule has 1 aliphatic carbocycles. The fourth-order valence-electron chi connectivity index (χ4n) is 4.41. The van der Waals surface area contributed by atoms with Crippen molar-refractivity contribution >= 4 is 6.03 Å². The molecule has 2 amide bonds. The molecule has 0 aromatic heterocycles. The largest absolute Gasteiger partial charge is 0.381 e. The van der Waals surface area contributed by atoms with Crippen molar-refractivity contribution in [2.75, 3.05) is 19.8 Å². The highest BCUT2D eigenvalue weighted by Crippen LogP contribution is 2.43. The number of hydrogen-bond donors (Lipinski definition) is 3. The van der Waals surface area contributed by atoms with Crippen LogP contribution in [0.5, 0.6) is 0 Å². The number of hydrogen-bond acceptors (Lipinski definition) is 3. The molecule has 5 nitrogen and oxygen atoms in total. The molecular weight excluding hydrogens is 302 g/mol. The maximum Gasteiger partial charge on any atom is 0.315 e. The molecule has 2 aliphatic heterocycles. The number of urea groups is 1. The molecule has 1 atom stereocenters. The fraction of sp³-hybridized carbons (Fsp3) is 0.632. The Kier molecular flexibility index (Phi) is 4.01. The third-order valence-electron chi connectivity index (χ3n) is 6.23. The Morgan fingerprint density at radius 1 is 1.17 bits per heavy atom. The lowest BCUT2D eigenvalue weighted by Gasteiger charge is -2.48. The SMILES string of the molecule is CC(NC1(c2ccccc2)CCC2(CC1)CNC(=O)N2)C1COC1. The summed E-state index contributed by atoms with van der Waals surface area (Å²) in [4.78, 5) is 11.6. The summed E-state index contributed by atoms with van der Waals surface area (Å²) in [6.07, 6.45) is 4.08. The second-order valence-electron chi connectivity index (χ2n) is 7.77. The van der Waals surface area contributed by atoms with E-state index in [2.05, 4.69) is 53.2 Å². The molecule has 3 aliphatic rings. The Hall–Kier alpha value is -1.59. The Bertz CT molecular complexity index is 592. The molecule has 3 N–H and O–H groups in total. The molecule has 1 aromatic rings. The monoisotopic (exact) mass is 329 g/mol. The molecule has 1 aromatic carbocycles. The zero-order chi connectivity index (χ0) is 16.6. The summed E-state index contributed by atoms with van der Waals surface area (Å²) < 4.78 is 5.38. The van der Waals surface area contributed by atoms with Gasteiger partial charge in [-0.15, -0.1) is 0 Å². The van der Waals surface area contributed by atoms with Gasteiger partial charge in [0.15, 0.2) is 0 Å². The Balaban J connectivity index is 1.55. The quantitative estimate of drug-likeness (QED) is 0.793. The number of carbonyl (C=O) groups excluding carboxylic acids is 1. The van der Waals surface area contributed by atoms with E-state index in [1.165, 1.54) is 5.56 Å². The van der Waals surface area contributed by atoms with Gasteiger partial charge in [-0.25, -0.2) is 4.79 Å². The molecule has 2 saturated heterocycles. The van der Waals surface area contributed by atoms with Gasteiger partial charge in [0, 0.05) is 24.0 Å². The highest BCUT2D eigenvalue weighted by molar-refractivity contribution is 5.77. The van der Waals surface area contributed by atoms with Gasteiger partial charge in [0.1, 0.15) is 0 Å². The van der Waals surface area contributed by atoms with E-state index in [4.69, 9.17) is 4.74 Å². The number of nitrogens with one attached hydrogen (secondary N) is 3. The minimum Gasteiger partial charge on any atom is -0.381 e. The van der Waals surface area contributed by atoms with Crippen LogP contribution in [0.3, 0.4) is 0 Å².